The fourth-order valence-corrected chi connectivity index (χ4v) is 2.67. The molecule has 0 saturated carbocycles. The van der Waals surface area contributed by atoms with E-state index in [1.807, 2.05) is 6.08 Å². The molecule has 1 aliphatic heterocycles. The van der Waals surface area contributed by atoms with E-state index in [1.165, 1.54) is 20.0 Å². The second kappa shape index (κ2) is 12.3. The summed E-state index contributed by atoms with van der Waals surface area (Å²) in [4.78, 5) is 22.8. The Morgan fingerprint density at radius 1 is 1.04 bits per heavy atom. The lowest BCUT2D eigenvalue weighted by Gasteiger charge is -2.00. The fraction of sp³-hybridized carbons (Fsp3) is 0.789. The first-order chi connectivity index (χ1) is 11.2. The number of hydrogen-bond acceptors (Lipinski definition) is 4. The predicted octanol–water partition coefficient (Wildman–Crippen LogP) is 4.36. The van der Waals surface area contributed by atoms with Gasteiger partial charge in [-0.1, -0.05) is 51.5 Å². The van der Waals surface area contributed by atoms with Crippen LogP contribution in [-0.4, -0.2) is 31.1 Å². The van der Waals surface area contributed by atoms with Crippen LogP contribution in [0, 0.1) is 0 Å². The van der Waals surface area contributed by atoms with Crippen molar-refractivity contribution in [1.29, 1.82) is 0 Å². The Hall–Kier alpha value is -1.16. The Morgan fingerprint density at radius 3 is 2.52 bits per heavy atom. The molecule has 2 unspecified atom stereocenters. The molecule has 1 aliphatic rings. The van der Waals surface area contributed by atoms with Gasteiger partial charge in [0.25, 0.3) is 0 Å². The van der Waals surface area contributed by atoms with Crippen LogP contribution in [0.4, 0.5) is 0 Å². The fourth-order valence-electron chi connectivity index (χ4n) is 2.67. The Balaban J connectivity index is 1.92. The summed E-state index contributed by atoms with van der Waals surface area (Å²) in [6.07, 6.45) is 15.1. The summed E-state index contributed by atoms with van der Waals surface area (Å²) in [7, 11) is 1.43. The highest BCUT2D eigenvalue weighted by Crippen LogP contribution is 2.28. The smallest absolute Gasteiger partial charge is 0.305 e. The number of ether oxygens (including phenoxy) is 2. The van der Waals surface area contributed by atoms with Crippen LogP contribution in [0.25, 0.3) is 0 Å². The Morgan fingerprint density at radius 2 is 1.78 bits per heavy atom. The number of unbranched alkanes of at least 4 members (excludes halogenated alkanes) is 7. The minimum absolute atomic E-state index is 0.123. The summed E-state index contributed by atoms with van der Waals surface area (Å²) >= 11 is 0. The van der Waals surface area contributed by atoms with Crippen LogP contribution in [-0.2, 0) is 19.1 Å². The van der Waals surface area contributed by atoms with Crippen LogP contribution >= 0.6 is 0 Å². The molecular weight excluding hydrogens is 292 g/mol. The average molecular weight is 324 g/mol. The van der Waals surface area contributed by atoms with E-state index in [4.69, 9.17) is 4.74 Å². The standard InChI is InChI=1S/C19H32O4/c1-3-4-10-14-17-19(23-17)16(20)13-11-8-6-5-7-9-12-15-18(21)22-2/h11,13,17,19H,3-10,12,14-15H2,1-2H3/b13-11-. The normalized spacial score (nSPS) is 19.9. The third kappa shape index (κ3) is 9.54. The lowest BCUT2D eigenvalue weighted by Crippen LogP contribution is -2.06. The molecule has 0 spiro atoms. The molecule has 0 bridgehead atoms. The van der Waals surface area contributed by atoms with Crippen molar-refractivity contribution in [2.45, 2.75) is 89.8 Å². The largest absolute Gasteiger partial charge is 0.469 e. The van der Waals surface area contributed by atoms with E-state index in [0.717, 1.165) is 51.4 Å². The molecule has 4 nitrogen and oxygen atoms in total. The highest BCUT2D eigenvalue weighted by molar-refractivity contribution is 5.95. The van der Waals surface area contributed by atoms with E-state index in [-0.39, 0.29) is 24.0 Å². The zero-order valence-corrected chi connectivity index (χ0v) is 14.7. The highest BCUT2D eigenvalue weighted by atomic mass is 16.6. The van der Waals surface area contributed by atoms with Gasteiger partial charge in [-0.05, 0) is 31.8 Å². The minimum atomic E-state index is -0.165. The zero-order chi connectivity index (χ0) is 16.9. The predicted molar refractivity (Wildman–Crippen MR) is 91.3 cm³/mol. The molecule has 23 heavy (non-hydrogen) atoms. The molecule has 0 radical (unpaired) electrons. The number of esters is 1. The van der Waals surface area contributed by atoms with E-state index in [2.05, 4.69) is 11.7 Å². The number of epoxide rings is 1. The molecule has 0 N–H and O–H groups in total. The Bertz CT molecular complexity index is 376. The van der Waals surface area contributed by atoms with Gasteiger partial charge in [-0.25, -0.2) is 0 Å². The van der Waals surface area contributed by atoms with E-state index < -0.39 is 0 Å². The van der Waals surface area contributed by atoms with Crippen molar-refractivity contribution in [2.75, 3.05) is 7.11 Å². The molecule has 1 rings (SSSR count). The molecule has 2 atom stereocenters. The molecule has 4 heteroatoms. The van der Waals surface area contributed by atoms with E-state index >= 15 is 0 Å². The Kier molecular flexibility index (Phi) is 10.6. The lowest BCUT2D eigenvalue weighted by molar-refractivity contribution is -0.140. The van der Waals surface area contributed by atoms with Crippen LogP contribution in [0.2, 0.25) is 0 Å². The molecule has 0 amide bonds. The first-order valence-electron chi connectivity index (χ1n) is 9.11. The number of ketones is 1. The summed E-state index contributed by atoms with van der Waals surface area (Å²) in [5.41, 5.74) is 0. The molecule has 0 aliphatic carbocycles. The molecule has 1 heterocycles. The van der Waals surface area contributed by atoms with Crippen molar-refractivity contribution < 1.29 is 19.1 Å². The molecule has 1 fully saturated rings. The number of hydrogen-bond donors (Lipinski definition) is 0. The van der Waals surface area contributed by atoms with Gasteiger partial charge < -0.3 is 9.47 Å². The third-order valence-corrected chi connectivity index (χ3v) is 4.22. The van der Waals surface area contributed by atoms with E-state index in [1.54, 1.807) is 6.08 Å². The maximum absolute atomic E-state index is 11.9. The van der Waals surface area contributed by atoms with Crippen LogP contribution in [0.3, 0.4) is 0 Å². The van der Waals surface area contributed by atoms with Gasteiger partial charge in [0.1, 0.15) is 6.10 Å². The molecule has 0 aromatic heterocycles. The first-order valence-corrected chi connectivity index (χ1v) is 9.11. The number of carbonyl (C=O) groups excluding carboxylic acids is 2. The van der Waals surface area contributed by atoms with Crippen LogP contribution in [0.5, 0.6) is 0 Å². The number of rotatable bonds is 14. The second-order valence-electron chi connectivity index (χ2n) is 6.28. The summed E-state index contributed by atoms with van der Waals surface area (Å²) in [5, 5.41) is 0. The van der Waals surface area contributed by atoms with Crippen molar-refractivity contribution in [3.8, 4) is 0 Å². The van der Waals surface area contributed by atoms with Gasteiger partial charge in [0.2, 0.25) is 0 Å². The summed E-state index contributed by atoms with van der Waals surface area (Å²) < 4.78 is 10.0. The van der Waals surface area contributed by atoms with Crippen molar-refractivity contribution in [1.82, 2.24) is 0 Å². The molecular formula is C19H32O4. The summed E-state index contributed by atoms with van der Waals surface area (Å²) in [6.45, 7) is 2.18. The van der Waals surface area contributed by atoms with Gasteiger partial charge >= 0.3 is 5.97 Å². The molecule has 132 valence electrons. The third-order valence-electron chi connectivity index (χ3n) is 4.22. The zero-order valence-electron chi connectivity index (χ0n) is 14.7. The van der Waals surface area contributed by atoms with E-state index in [9.17, 15) is 9.59 Å². The van der Waals surface area contributed by atoms with Gasteiger partial charge in [0.15, 0.2) is 5.78 Å². The van der Waals surface area contributed by atoms with Gasteiger partial charge in [-0.3, -0.25) is 9.59 Å². The number of methoxy groups -OCH3 is 1. The van der Waals surface area contributed by atoms with Gasteiger partial charge in [0, 0.05) is 6.42 Å². The minimum Gasteiger partial charge on any atom is -0.469 e. The maximum atomic E-state index is 11.9. The molecule has 0 aromatic rings. The quantitative estimate of drug-likeness (QED) is 0.206. The highest BCUT2D eigenvalue weighted by Gasteiger charge is 2.42. The van der Waals surface area contributed by atoms with E-state index in [0.29, 0.717) is 6.42 Å². The van der Waals surface area contributed by atoms with Gasteiger partial charge in [-0.15, -0.1) is 0 Å². The van der Waals surface area contributed by atoms with Crippen molar-refractivity contribution in [3.63, 3.8) is 0 Å². The van der Waals surface area contributed by atoms with Crippen molar-refractivity contribution in [2.24, 2.45) is 0 Å². The van der Waals surface area contributed by atoms with Crippen molar-refractivity contribution >= 4 is 11.8 Å². The lowest BCUT2D eigenvalue weighted by atomic mass is 10.1. The SMILES string of the molecule is CCCCCC1OC1C(=O)/C=C\CCCCCCCC(=O)OC. The van der Waals surface area contributed by atoms with Crippen LogP contribution in [0.15, 0.2) is 12.2 Å². The van der Waals surface area contributed by atoms with Crippen LogP contribution < -0.4 is 0 Å². The first kappa shape index (κ1) is 19.9. The van der Waals surface area contributed by atoms with Crippen molar-refractivity contribution in [3.05, 3.63) is 12.2 Å². The molecule has 1 saturated heterocycles. The number of allylic oxidation sites excluding steroid dienone is 1. The Labute approximate surface area is 140 Å². The van der Waals surface area contributed by atoms with Gasteiger partial charge in [-0.2, -0.15) is 0 Å². The second-order valence-corrected chi connectivity index (χ2v) is 6.28. The van der Waals surface area contributed by atoms with Gasteiger partial charge in [0.05, 0.1) is 13.2 Å². The maximum Gasteiger partial charge on any atom is 0.305 e. The molecule has 0 aromatic carbocycles. The number of carbonyl (C=O) groups is 2. The van der Waals surface area contributed by atoms with Crippen LogP contribution in [0.1, 0.15) is 77.6 Å². The summed E-state index contributed by atoms with van der Waals surface area (Å²) in [5.74, 6) is 0.00585. The summed E-state index contributed by atoms with van der Waals surface area (Å²) in [6, 6.07) is 0. The average Bonchev–Trinajstić information content (AvgIpc) is 3.32. The monoisotopic (exact) mass is 324 g/mol. The topological polar surface area (TPSA) is 55.9 Å².